The Morgan fingerprint density at radius 2 is 1.84 bits per heavy atom. The van der Waals surface area contributed by atoms with E-state index in [-0.39, 0.29) is 0 Å². The lowest BCUT2D eigenvalue weighted by atomic mass is 9.94. The van der Waals surface area contributed by atoms with Crippen molar-refractivity contribution in [2.24, 2.45) is 0 Å². The Hall–Kier alpha value is -1.20. The number of hydrogen-bond donors (Lipinski definition) is 0. The van der Waals surface area contributed by atoms with E-state index in [2.05, 4.69) is 15.9 Å². The van der Waals surface area contributed by atoms with Gasteiger partial charge in [0, 0.05) is 50.8 Å². The molecule has 0 bridgehead atoms. The van der Waals surface area contributed by atoms with E-state index in [1.807, 2.05) is 6.92 Å². The topological polar surface area (TPSA) is 41.5 Å². The first-order chi connectivity index (χ1) is 12.3. The largest absolute Gasteiger partial charge is 0.381 e. The first kappa shape index (κ1) is 17.2. The van der Waals surface area contributed by atoms with Crippen LogP contribution in [-0.4, -0.2) is 60.3 Å². The van der Waals surface area contributed by atoms with Crippen LogP contribution in [0.1, 0.15) is 62.4 Å². The third kappa shape index (κ3) is 4.14. The van der Waals surface area contributed by atoms with Crippen LogP contribution in [0, 0.1) is 6.92 Å². The van der Waals surface area contributed by atoms with Crippen LogP contribution in [0.3, 0.4) is 0 Å². The zero-order valence-corrected chi connectivity index (χ0v) is 15.6. The van der Waals surface area contributed by atoms with Gasteiger partial charge >= 0.3 is 0 Å². The number of aromatic nitrogens is 2. The van der Waals surface area contributed by atoms with Crippen molar-refractivity contribution >= 4 is 5.82 Å². The summed E-state index contributed by atoms with van der Waals surface area (Å²) in [6.45, 7) is 8.32. The van der Waals surface area contributed by atoms with Crippen LogP contribution in [0.4, 0.5) is 5.82 Å². The van der Waals surface area contributed by atoms with Crippen molar-refractivity contribution in [2.45, 2.75) is 63.8 Å². The van der Waals surface area contributed by atoms with Crippen molar-refractivity contribution in [3.8, 4) is 0 Å². The zero-order chi connectivity index (χ0) is 17.1. The Bertz CT molecular complexity index is 567. The first-order valence-corrected chi connectivity index (χ1v) is 10.2. The lowest BCUT2D eigenvalue weighted by Gasteiger charge is -2.33. The Balaban J connectivity index is 1.44. The van der Waals surface area contributed by atoms with Crippen LogP contribution in [-0.2, 0) is 4.74 Å². The van der Waals surface area contributed by atoms with E-state index in [1.54, 1.807) is 0 Å². The molecule has 3 aliphatic rings. The van der Waals surface area contributed by atoms with E-state index in [4.69, 9.17) is 14.7 Å². The van der Waals surface area contributed by atoms with Gasteiger partial charge in [0.15, 0.2) is 0 Å². The molecule has 3 fully saturated rings. The average Bonchev–Trinajstić information content (AvgIpc) is 3.06. The van der Waals surface area contributed by atoms with E-state index >= 15 is 0 Å². The summed E-state index contributed by atoms with van der Waals surface area (Å²) in [5.41, 5.74) is 1.17. The van der Waals surface area contributed by atoms with Gasteiger partial charge < -0.3 is 9.64 Å². The Morgan fingerprint density at radius 3 is 2.64 bits per heavy atom. The van der Waals surface area contributed by atoms with Gasteiger partial charge in [-0.3, -0.25) is 4.90 Å². The number of aryl methyl sites for hydroxylation is 1. The van der Waals surface area contributed by atoms with Gasteiger partial charge in [0.2, 0.25) is 0 Å². The standard InChI is InChI=1S/C20H32N4O/c1-16-21-19(17-8-13-25-15-17)14-20(22-16)24-10-5-9-23(11-12-24)18-6-3-2-4-7-18/h14,17-18H,2-13,15H2,1H3/t17-/m1/s1. The minimum atomic E-state index is 0.450. The summed E-state index contributed by atoms with van der Waals surface area (Å²) in [5.74, 6) is 2.47. The van der Waals surface area contributed by atoms with Crippen molar-refractivity contribution in [3.63, 3.8) is 0 Å². The molecule has 1 atom stereocenters. The molecule has 0 unspecified atom stereocenters. The minimum absolute atomic E-state index is 0.450. The molecule has 1 aromatic heterocycles. The number of nitrogens with zero attached hydrogens (tertiary/aromatic N) is 4. The second-order valence-corrected chi connectivity index (χ2v) is 7.93. The number of ether oxygens (including phenoxy) is 1. The van der Waals surface area contributed by atoms with E-state index < -0.39 is 0 Å². The van der Waals surface area contributed by atoms with Crippen LogP contribution in [0.5, 0.6) is 0 Å². The molecule has 0 radical (unpaired) electrons. The normalized spacial score (nSPS) is 26.8. The van der Waals surface area contributed by atoms with Gasteiger partial charge in [-0.25, -0.2) is 9.97 Å². The van der Waals surface area contributed by atoms with Gasteiger partial charge in [0.25, 0.3) is 0 Å². The summed E-state index contributed by atoms with van der Waals surface area (Å²) in [5, 5.41) is 0. The second-order valence-electron chi connectivity index (χ2n) is 7.93. The second kappa shape index (κ2) is 8.00. The van der Waals surface area contributed by atoms with E-state index in [1.165, 1.54) is 57.3 Å². The summed E-state index contributed by atoms with van der Waals surface area (Å²) in [6.07, 6.45) is 9.40. The van der Waals surface area contributed by atoms with Crippen LogP contribution >= 0.6 is 0 Å². The van der Waals surface area contributed by atoms with Gasteiger partial charge in [0.1, 0.15) is 11.6 Å². The molecular weight excluding hydrogens is 312 g/mol. The third-order valence-electron chi connectivity index (χ3n) is 6.14. The summed E-state index contributed by atoms with van der Waals surface area (Å²) in [6, 6.07) is 3.05. The maximum absolute atomic E-state index is 5.56. The van der Waals surface area contributed by atoms with Crippen LogP contribution in [0.15, 0.2) is 6.07 Å². The smallest absolute Gasteiger partial charge is 0.132 e. The van der Waals surface area contributed by atoms with Gasteiger partial charge in [-0.15, -0.1) is 0 Å². The Kier molecular flexibility index (Phi) is 5.51. The lowest BCUT2D eigenvalue weighted by Crippen LogP contribution is -2.39. The molecule has 138 valence electrons. The molecule has 2 aliphatic heterocycles. The van der Waals surface area contributed by atoms with Crippen LogP contribution in [0.2, 0.25) is 0 Å². The summed E-state index contributed by atoms with van der Waals surface area (Å²) >= 11 is 0. The Morgan fingerprint density at radius 1 is 0.960 bits per heavy atom. The molecule has 4 rings (SSSR count). The van der Waals surface area contributed by atoms with Gasteiger partial charge in [-0.1, -0.05) is 19.3 Å². The third-order valence-corrected chi connectivity index (χ3v) is 6.14. The average molecular weight is 345 g/mol. The predicted molar refractivity (Wildman–Crippen MR) is 100 cm³/mol. The molecule has 3 heterocycles. The molecule has 5 nitrogen and oxygen atoms in total. The maximum Gasteiger partial charge on any atom is 0.132 e. The van der Waals surface area contributed by atoms with Crippen molar-refractivity contribution in [3.05, 3.63) is 17.6 Å². The highest BCUT2D eigenvalue weighted by atomic mass is 16.5. The van der Waals surface area contributed by atoms with Gasteiger partial charge in [0.05, 0.1) is 12.3 Å². The predicted octanol–water partition coefficient (Wildman–Crippen LogP) is 3.13. The number of anilines is 1. The van der Waals surface area contributed by atoms with Crippen molar-refractivity contribution < 1.29 is 4.74 Å². The van der Waals surface area contributed by atoms with Crippen molar-refractivity contribution in [2.75, 3.05) is 44.3 Å². The van der Waals surface area contributed by atoms with Crippen molar-refractivity contribution in [1.29, 1.82) is 0 Å². The summed E-state index contributed by atoms with van der Waals surface area (Å²) in [4.78, 5) is 14.7. The number of rotatable bonds is 3. The maximum atomic E-state index is 5.56. The minimum Gasteiger partial charge on any atom is -0.381 e. The molecule has 1 aromatic rings. The zero-order valence-electron chi connectivity index (χ0n) is 15.6. The van der Waals surface area contributed by atoms with E-state index in [0.29, 0.717) is 5.92 Å². The summed E-state index contributed by atoms with van der Waals surface area (Å²) in [7, 11) is 0. The molecular formula is C20H32N4O. The molecule has 0 N–H and O–H groups in total. The quantitative estimate of drug-likeness (QED) is 0.843. The summed E-state index contributed by atoms with van der Waals surface area (Å²) < 4.78 is 5.56. The molecule has 2 saturated heterocycles. The van der Waals surface area contributed by atoms with Gasteiger partial charge in [-0.2, -0.15) is 0 Å². The van der Waals surface area contributed by atoms with Gasteiger partial charge in [-0.05, 0) is 32.6 Å². The fourth-order valence-corrected chi connectivity index (χ4v) is 4.69. The molecule has 5 heteroatoms. The molecule has 0 spiro atoms. The highest BCUT2D eigenvalue weighted by Crippen LogP contribution is 2.27. The van der Waals surface area contributed by atoms with Crippen LogP contribution < -0.4 is 4.90 Å². The highest BCUT2D eigenvalue weighted by Gasteiger charge is 2.25. The monoisotopic (exact) mass is 344 g/mol. The number of hydrogen-bond acceptors (Lipinski definition) is 5. The van der Waals surface area contributed by atoms with Crippen molar-refractivity contribution in [1.82, 2.24) is 14.9 Å². The highest BCUT2D eigenvalue weighted by molar-refractivity contribution is 5.41. The Labute approximate surface area is 151 Å². The van der Waals surface area contributed by atoms with E-state index in [0.717, 1.165) is 50.4 Å². The SMILES string of the molecule is Cc1nc([C@@H]2CCOC2)cc(N2CCCN(C3CCCCC3)CC2)n1. The molecule has 25 heavy (non-hydrogen) atoms. The molecule has 0 aromatic carbocycles. The fraction of sp³-hybridized carbons (Fsp3) is 0.800. The molecule has 0 amide bonds. The van der Waals surface area contributed by atoms with Crippen LogP contribution in [0.25, 0.3) is 0 Å². The first-order valence-electron chi connectivity index (χ1n) is 10.2. The van der Waals surface area contributed by atoms with E-state index in [9.17, 15) is 0 Å². The lowest BCUT2D eigenvalue weighted by molar-refractivity contribution is 0.166. The molecule has 1 aliphatic carbocycles. The molecule has 1 saturated carbocycles. The fourth-order valence-electron chi connectivity index (χ4n) is 4.69.